The minimum absolute atomic E-state index is 0.0175. The van der Waals surface area contributed by atoms with Crippen molar-refractivity contribution in [3.63, 3.8) is 0 Å². The molecule has 17 heavy (non-hydrogen) atoms. The highest BCUT2D eigenvalue weighted by Gasteiger charge is 2.13. The maximum atomic E-state index is 12.0. The average Bonchev–Trinajstić information content (AvgIpc) is 2.28. The van der Waals surface area contributed by atoms with Crippen molar-refractivity contribution in [2.45, 2.75) is 30.7 Å². The lowest BCUT2D eigenvalue weighted by atomic mass is 10.1. The van der Waals surface area contributed by atoms with Gasteiger partial charge in [0, 0.05) is 21.8 Å². The van der Waals surface area contributed by atoms with Crippen molar-refractivity contribution in [3.8, 4) is 12.3 Å². The van der Waals surface area contributed by atoms with Crippen LogP contribution in [0.4, 0.5) is 0 Å². The summed E-state index contributed by atoms with van der Waals surface area (Å²) in [7, 11) is 0. The molecule has 0 saturated carbocycles. The molecule has 1 unspecified atom stereocenters. The number of amides is 1. The minimum atomic E-state index is -0.135. The summed E-state index contributed by atoms with van der Waals surface area (Å²) in [4.78, 5) is 12.6. The zero-order chi connectivity index (χ0) is 12.8. The SMILES string of the molecule is C#CCC(CC)NC(=O)c1ccc(Br)cc1S. The molecule has 1 rings (SSSR count). The van der Waals surface area contributed by atoms with E-state index in [4.69, 9.17) is 6.42 Å². The van der Waals surface area contributed by atoms with Crippen LogP contribution in [0, 0.1) is 12.3 Å². The largest absolute Gasteiger partial charge is 0.348 e. The van der Waals surface area contributed by atoms with E-state index in [2.05, 4.69) is 39.8 Å². The van der Waals surface area contributed by atoms with Crippen molar-refractivity contribution in [3.05, 3.63) is 28.2 Å². The zero-order valence-electron chi connectivity index (χ0n) is 9.53. The molecule has 0 radical (unpaired) electrons. The lowest BCUT2D eigenvalue weighted by Gasteiger charge is -2.15. The van der Waals surface area contributed by atoms with Crippen LogP contribution >= 0.6 is 28.6 Å². The van der Waals surface area contributed by atoms with Crippen molar-refractivity contribution >= 4 is 34.5 Å². The van der Waals surface area contributed by atoms with Crippen LogP contribution in [0.2, 0.25) is 0 Å². The van der Waals surface area contributed by atoms with E-state index in [1.165, 1.54) is 0 Å². The first-order chi connectivity index (χ1) is 8.08. The molecule has 0 spiro atoms. The van der Waals surface area contributed by atoms with Gasteiger partial charge in [-0.1, -0.05) is 22.9 Å². The Morgan fingerprint density at radius 1 is 1.65 bits per heavy atom. The van der Waals surface area contributed by atoms with Gasteiger partial charge in [0.1, 0.15) is 0 Å². The van der Waals surface area contributed by atoms with Crippen molar-refractivity contribution in [2.75, 3.05) is 0 Å². The number of thiol groups is 1. The molecule has 0 fully saturated rings. The number of carbonyl (C=O) groups is 1. The van der Waals surface area contributed by atoms with E-state index in [0.717, 1.165) is 10.9 Å². The van der Waals surface area contributed by atoms with E-state index in [-0.39, 0.29) is 11.9 Å². The van der Waals surface area contributed by atoms with E-state index in [0.29, 0.717) is 16.9 Å². The number of carbonyl (C=O) groups excluding carboxylic acids is 1. The number of rotatable bonds is 4. The van der Waals surface area contributed by atoms with Crippen molar-refractivity contribution in [1.29, 1.82) is 0 Å². The Balaban J connectivity index is 2.79. The molecular formula is C13H14BrNOS. The monoisotopic (exact) mass is 311 g/mol. The normalized spacial score (nSPS) is 11.6. The number of hydrogen-bond donors (Lipinski definition) is 2. The number of nitrogens with one attached hydrogen (secondary N) is 1. The fraction of sp³-hybridized carbons (Fsp3) is 0.308. The van der Waals surface area contributed by atoms with Crippen LogP contribution in [0.3, 0.4) is 0 Å². The lowest BCUT2D eigenvalue weighted by molar-refractivity contribution is 0.0934. The van der Waals surface area contributed by atoms with E-state index in [1.54, 1.807) is 12.1 Å². The first-order valence-corrected chi connectivity index (χ1v) is 6.55. The van der Waals surface area contributed by atoms with Gasteiger partial charge in [-0.25, -0.2) is 0 Å². The molecule has 0 bridgehead atoms. The summed E-state index contributed by atoms with van der Waals surface area (Å²) in [6, 6.07) is 5.37. The molecule has 1 aromatic carbocycles. The second-order valence-electron chi connectivity index (χ2n) is 3.65. The summed E-state index contributed by atoms with van der Waals surface area (Å²) in [5, 5.41) is 2.90. The lowest BCUT2D eigenvalue weighted by Crippen LogP contribution is -2.34. The van der Waals surface area contributed by atoms with E-state index >= 15 is 0 Å². The van der Waals surface area contributed by atoms with Gasteiger partial charge in [0.2, 0.25) is 0 Å². The summed E-state index contributed by atoms with van der Waals surface area (Å²) in [5.74, 6) is 2.42. The first kappa shape index (κ1) is 14.1. The van der Waals surface area contributed by atoms with Crippen molar-refractivity contribution in [1.82, 2.24) is 5.32 Å². The van der Waals surface area contributed by atoms with Crippen molar-refractivity contribution < 1.29 is 4.79 Å². The topological polar surface area (TPSA) is 29.1 Å². The van der Waals surface area contributed by atoms with E-state index in [9.17, 15) is 4.79 Å². The molecule has 2 nitrogen and oxygen atoms in total. The van der Waals surface area contributed by atoms with Gasteiger partial charge in [-0.3, -0.25) is 4.79 Å². The van der Waals surface area contributed by atoms with Crippen molar-refractivity contribution in [2.24, 2.45) is 0 Å². The van der Waals surface area contributed by atoms with Gasteiger partial charge < -0.3 is 5.32 Å². The first-order valence-electron chi connectivity index (χ1n) is 5.31. The maximum absolute atomic E-state index is 12.0. The van der Waals surface area contributed by atoms with Crippen LogP contribution in [0.15, 0.2) is 27.6 Å². The van der Waals surface area contributed by atoms with Gasteiger partial charge in [0.05, 0.1) is 5.56 Å². The molecule has 0 aromatic heterocycles. The molecule has 0 heterocycles. The predicted octanol–water partition coefficient (Wildman–Crippen LogP) is 3.27. The molecule has 1 amide bonds. The Morgan fingerprint density at radius 2 is 2.35 bits per heavy atom. The second kappa shape index (κ2) is 6.73. The molecular weight excluding hydrogens is 298 g/mol. The van der Waals surface area contributed by atoms with Gasteiger partial charge >= 0.3 is 0 Å². The van der Waals surface area contributed by atoms with Gasteiger partial charge in [0.15, 0.2) is 0 Å². The molecule has 1 N–H and O–H groups in total. The predicted molar refractivity (Wildman–Crippen MR) is 76.4 cm³/mol. The van der Waals surface area contributed by atoms with E-state index < -0.39 is 0 Å². The number of benzene rings is 1. The number of hydrogen-bond acceptors (Lipinski definition) is 2. The summed E-state index contributed by atoms with van der Waals surface area (Å²) in [5.41, 5.74) is 0.562. The molecule has 0 aliphatic rings. The minimum Gasteiger partial charge on any atom is -0.348 e. The smallest absolute Gasteiger partial charge is 0.252 e. The number of halogens is 1. The van der Waals surface area contributed by atoms with Crippen LogP contribution in [-0.4, -0.2) is 11.9 Å². The maximum Gasteiger partial charge on any atom is 0.252 e. The fourth-order valence-electron chi connectivity index (χ4n) is 1.40. The Hall–Kier alpha value is -0.920. The Bertz CT molecular complexity index is 453. The highest BCUT2D eigenvalue weighted by atomic mass is 79.9. The van der Waals surface area contributed by atoms with Gasteiger partial charge in [0.25, 0.3) is 5.91 Å². The standard InChI is InChI=1S/C13H14BrNOS/c1-3-5-10(4-2)15-13(16)11-7-6-9(14)8-12(11)17/h1,6-8,10,17H,4-5H2,2H3,(H,15,16). The third-order valence-electron chi connectivity index (χ3n) is 2.40. The van der Waals surface area contributed by atoms with E-state index in [1.807, 2.05) is 13.0 Å². The van der Waals surface area contributed by atoms with Gasteiger partial charge in [-0.2, -0.15) is 0 Å². The van der Waals surface area contributed by atoms with Crippen LogP contribution < -0.4 is 5.32 Å². The van der Waals surface area contributed by atoms with Crippen LogP contribution in [-0.2, 0) is 0 Å². The average molecular weight is 312 g/mol. The molecule has 0 saturated heterocycles. The Labute approximate surface area is 116 Å². The second-order valence-corrected chi connectivity index (χ2v) is 5.05. The quantitative estimate of drug-likeness (QED) is 0.648. The Morgan fingerprint density at radius 3 is 2.88 bits per heavy atom. The summed E-state index contributed by atoms with van der Waals surface area (Å²) in [6.07, 6.45) is 6.60. The Kier molecular flexibility index (Phi) is 5.60. The molecule has 0 aliphatic carbocycles. The van der Waals surface area contributed by atoms with Crippen LogP contribution in [0.1, 0.15) is 30.1 Å². The van der Waals surface area contributed by atoms with Gasteiger partial charge in [-0.05, 0) is 24.6 Å². The fourth-order valence-corrected chi connectivity index (χ4v) is 2.25. The zero-order valence-corrected chi connectivity index (χ0v) is 12.0. The highest BCUT2D eigenvalue weighted by molar-refractivity contribution is 9.10. The third-order valence-corrected chi connectivity index (χ3v) is 3.26. The third kappa shape index (κ3) is 4.10. The molecule has 90 valence electrons. The van der Waals surface area contributed by atoms with Gasteiger partial charge in [-0.15, -0.1) is 25.0 Å². The highest BCUT2D eigenvalue weighted by Crippen LogP contribution is 2.20. The molecule has 1 atom stereocenters. The molecule has 1 aromatic rings. The van der Waals surface area contributed by atoms with Crippen LogP contribution in [0.25, 0.3) is 0 Å². The summed E-state index contributed by atoms with van der Waals surface area (Å²) in [6.45, 7) is 1.99. The number of terminal acetylenes is 1. The summed E-state index contributed by atoms with van der Waals surface area (Å²) >= 11 is 7.61. The molecule has 4 heteroatoms. The molecule has 0 aliphatic heterocycles. The summed E-state index contributed by atoms with van der Waals surface area (Å²) < 4.78 is 0.898. The van der Waals surface area contributed by atoms with Crippen LogP contribution in [0.5, 0.6) is 0 Å².